The Morgan fingerprint density at radius 3 is 2.24 bits per heavy atom. The molecule has 1 aromatic rings. The highest BCUT2D eigenvalue weighted by molar-refractivity contribution is 7.92. The molecule has 0 unspecified atom stereocenters. The lowest BCUT2D eigenvalue weighted by Gasteiger charge is -2.19. The summed E-state index contributed by atoms with van der Waals surface area (Å²) in [5.74, 6) is 0.702. The quantitative estimate of drug-likeness (QED) is 0.870. The first-order chi connectivity index (χ1) is 7.92. The summed E-state index contributed by atoms with van der Waals surface area (Å²) in [4.78, 5) is 0. The molecule has 0 saturated carbocycles. The smallest absolute Gasteiger partial charge is 0.155 e. The maximum atomic E-state index is 11.7. The van der Waals surface area contributed by atoms with Crippen LogP contribution in [0.5, 0.6) is 5.75 Å². The molecule has 17 heavy (non-hydrogen) atoms. The maximum absolute atomic E-state index is 11.7. The number of aliphatic hydroxyl groups is 1. The third-order valence-electron chi connectivity index (χ3n) is 2.87. The second-order valence-electron chi connectivity index (χ2n) is 3.87. The summed E-state index contributed by atoms with van der Waals surface area (Å²) in [5, 5.41) is 9.19. The van der Waals surface area contributed by atoms with Crippen LogP contribution >= 0.6 is 0 Å². The van der Waals surface area contributed by atoms with Gasteiger partial charge in [0.1, 0.15) is 5.75 Å². The van der Waals surface area contributed by atoms with Crippen LogP contribution in [-0.2, 0) is 9.84 Å². The monoisotopic (exact) mass is 258 g/mol. The summed E-state index contributed by atoms with van der Waals surface area (Å²) in [7, 11) is -1.69. The van der Waals surface area contributed by atoms with Gasteiger partial charge in [-0.1, -0.05) is 19.1 Å². The predicted octanol–water partition coefficient (Wildman–Crippen LogP) is 1.55. The van der Waals surface area contributed by atoms with Gasteiger partial charge in [0.15, 0.2) is 9.84 Å². The van der Waals surface area contributed by atoms with Crippen molar-refractivity contribution in [3.63, 3.8) is 0 Å². The van der Waals surface area contributed by atoms with E-state index >= 15 is 0 Å². The average molecular weight is 258 g/mol. The Labute approximate surface area is 102 Å². The highest BCUT2D eigenvalue weighted by atomic mass is 32.2. The number of ether oxygens (including phenoxy) is 1. The number of rotatable bonds is 5. The Morgan fingerprint density at radius 1 is 1.29 bits per heavy atom. The molecule has 0 aliphatic carbocycles. The van der Waals surface area contributed by atoms with E-state index < -0.39 is 21.2 Å². The Balaban J connectivity index is 2.92. The van der Waals surface area contributed by atoms with E-state index in [1.165, 1.54) is 6.92 Å². The number of aliphatic hydroxyl groups excluding tert-OH is 1. The van der Waals surface area contributed by atoms with Crippen LogP contribution in [0, 0.1) is 0 Å². The van der Waals surface area contributed by atoms with Gasteiger partial charge in [0.05, 0.1) is 18.5 Å². The lowest BCUT2D eigenvalue weighted by Crippen LogP contribution is -2.26. The molecule has 4 nitrogen and oxygen atoms in total. The fraction of sp³-hybridized carbons (Fsp3) is 0.500. The van der Waals surface area contributed by atoms with Gasteiger partial charge in [-0.15, -0.1) is 0 Å². The fourth-order valence-corrected chi connectivity index (χ4v) is 2.61. The second-order valence-corrected chi connectivity index (χ2v) is 6.52. The molecular formula is C12H18O4S. The number of sulfone groups is 1. The summed E-state index contributed by atoms with van der Waals surface area (Å²) in [5.41, 5.74) is 0.579. The van der Waals surface area contributed by atoms with Crippen molar-refractivity contribution in [3.05, 3.63) is 29.8 Å². The predicted molar refractivity (Wildman–Crippen MR) is 66.9 cm³/mol. The van der Waals surface area contributed by atoms with E-state index in [9.17, 15) is 13.5 Å². The summed E-state index contributed by atoms with van der Waals surface area (Å²) >= 11 is 0. The number of benzene rings is 1. The van der Waals surface area contributed by atoms with E-state index in [2.05, 4.69) is 0 Å². The van der Waals surface area contributed by atoms with Crippen molar-refractivity contribution in [1.29, 1.82) is 0 Å². The summed E-state index contributed by atoms with van der Waals surface area (Å²) in [6.07, 6.45) is -1.01. The molecular weight excluding hydrogens is 240 g/mol. The van der Waals surface area contributed by atoms with Gasteiger partial charge in [-0.25, -0.2) is 8.42 Å². The molecule has 0 aliphatic rings. The Bertz CT molecular complexity index is 450. The standard InChI is InChI=1S/C12H18O4S/c1-4-17(14,15)9(2)12(13)10-5-7-11(16-3)8-6-10/h5-9,12-13H,4H2,1-3H3/t9-,12+/m1/s1. The van der Waals surface area contributed by atoms with E-state index in [0.29, 0.717) is 11.3 Å². The minimum Gasteiger partial charge on any atom is -0.497 e. The third-order valence-corrected chi connectivity index (χ3v) is 5.07. The molecule has 0 radical (unpaired) electrons. The van der Waals surface area contributed by atoms with Crippen LogP contribution < -0.4 is 4.74 Å². The van der Waals surface area contributed by atoms with Crippen molar-refractivity contribution in [1.82, 2.24) is 0 Å². The van der Waals surface area contributed by atoms with Crippen molar-refractivity contribution in [2.24, 2.45) is 0 Å². The first kappa shape index (κ1) is 14.0. The van der Waals surface area contributed by atoms with Crippen molar-refractivity contribution in [3.8, 4) is 5.75 Å². The Hall–Kier alpha value is -1.07. The Morgan fingerprint density at radius 2 is 1.82 bits per heavy atom. The molecule has 1 rings (SSSR count). The maximum Gasteiger partial charge on any atom is 0.155 e. The van der Waals surface area contributed by atoms with Gasteiger partial charge >= 0.3 is 0 Å². The van der Waals surface area contributed by atoms with E-state index in [1.54, 1.807) is 38.3 Å². The molecule has 96 valence electrons. The van der Waals surface area contributed by atoms with Crippen LogP contribution in [0.3, 0.4) is 0 Å². The van der Waals surface area contributed by atoms with Gasteiger partial charge in [0.2, 0.25) is 0 Å². The van der Waals surface area contributed by atoms with E-state index in [-0.39, 0.29) is 5.75 Å². The molecule has 1 N–H and O–H groups in total. The molecule has 0 aromatic heterocycles. The van der Waals surface area contributed by atoms with Gasteiger partial charge < -0.3 is 9.84 Å². The highest BCUT2D eigenvalue weighted by Crippen LogP contribution is 2.24. The molecule has 0 bridgehead atoms. The number of hydrogen-bond donors (Lipinski definition) is 1. The molecule has 0 heterocycles. The fourth-order valence-electron chi connectivity index (χ4n) is 1.53. The third kappa shape index (κ3) is 3.20. The highest BCUT2D eigenvalue weighted by Gasteiger charge is 2.27. The van der Waals surface area contributed by atoms with Gasteiger partial charge in [-0.2, -0.15) is 0 Å². The molecule has 0 spiro atoms. The van der Waals surface area contributed by atoms with Crippen molar-refractivity contribution >= 4 is 9.84 Å². The van der Waals surface area contributed by atoms with Crippen LogP contribution in [0.1, 0.15) is 25.5 Å². The Kier molecular flexibility index (Phi) is 4.54. The minimum absolute atomic E-state index is 0.0291. The molecule has 1 aromatic carbocycles. The second kappa shape index (κ2) is 5.51. The molecule has 0 saturated heterocycles. The van der Waals surface area contributed by atoms with Gasteiger partial charge in [0.25, 0.3) is 0 Å². The topological polar surface area (TPSA) is 63.6 Å². The zero-order valence-corrected chi connectivity index (χ0v) is 11.1. The van der Waals surface area contributed by atoms with E-state index in [0.717, 1.165) is 0 Å². The first-order valence-corrected chi connectivity index (χ1v) is 7.17. The molecule has 0 fully saturated rings. The molecule has 0 amide bonds. The summed E-state index contributed by atoms with van der Waals surface area (Å²) < 4.78 is 28.3. The number of hydrogen-bond acceptors (Lipinski definition) is 4. The number of methoxy groups -OCH3 is 1. The van der Waals surface area contributed by atoms with Crippen molar-refractivity contribution < 1.29 is 18.3 Å². The SMILES string of the molecule is CCS(=O)(=O)[C@H](C)[C@H](O)c1ccc(OC)cc1. The zero-order valence-electron chi connectivity index (χ0n) is 10.3. The molecule has 0 aliphatic heterocycles. The lowest BCUT2D eigenvalue weighted by atomic mass is 10.1. The lowest BCUT2D eigenvalue weighted by molar-refractivity contribution is 0.176. The van der Waals surface area contributed by atoms with Crippen molar-refractivity contribution in [2.75, 3.05) is 12.9 Å². The summed E-state index contributed by atoms with van der Waals surface area (Å²) in [6, 6.07) is 6.74. The van der Waals surface area contributed by atoms with Gasteiger partial charge in [0, 0.05) is 5.75 Å². The van der Waals surface area contributed by atoms with Crippen LogP contribution in [0.2, 0.25) is 0 Å². The molecule has 2 atom stereocenters. The van der Waals surface area contributed by atoms with E-state index in [1.807, 2.05) is 0 Å². The normalized spacial score (nSPS) is 15.3. The first-order valence-electron chi connectivity index (χ1n) is 5.46. The average Bonchev–Trinajstić information content (AvgIpc) is 2.37. The minimum atomic E-state index is -3.24. The van der Waals surface area contributed by atoms with Gasteiger partial charge in [-0.3, -0.25) is 0 Å². The zero-order chi connectivity index (χ0) is 13.1. The van der Waals surface area contributed by atoms with Gasteiger partial charge in [-0.05, 0) is 24.6 Å². The van der Waals surface area contributed by atoms with Crippen LogP contribution in [-0.4, -0.2) is 31.6 Å². The van der Waals surface area contributed by atoms with E-state index in [4.69, 9.17) is 4.74 Å². The molecule has 5 heteroatoms. The van der Waals surface area contributed by atoms with Crippen LogP contribution in [0.4, 0.5) is 0 Å². The van der Waals surface area contributed by atoms with Crippen LogP contribution in [0.15, 0.2) is 24.3 Å². The largest absolute Gasteiger partial charge is 0.497 e. The summed E-state index contributed by atoms with van der Waals surface area (Å²) in [6.45, 7) is 3.10. The van der Waals surface area contributed by atoms with Crippen molar-refractivity contribution in [2.45, 2.75) is 25.2 Å². The van der Waals surface area contributed by atoms with Crippen LogP contribution in [0.25, 0.3) is 0 Å².